The van der Waals surface area contributed by atoms with Crippen molar-refractivity contribution in [1.29, 1.82) is 0 Å². The van der Waals surface area contributed by atoms with E-state index in [1.807, 2.05) is 29.2 Å². The van der Waals surface area contributed by atoms with Crippen molar-refractivity contribution in [2.45, 2.75) is 10.6 Å². The van der Waals surface area contributed by atoms with Crippen molar-refractivity contribution in [3.05, 3.63) is 47.3 Å². The van der Waals surface area contributed by atoms with Crippen LogP contribution >= 0.6 is 11.3 Å². The fourth-order valence-electron chi connectivity index (χ4n) is 3.17. The second kappa shape index (κ2) is 9.51. The fraction of sp³-hybridized carbons (Fsp3) is 0.421. The van der Waals surface area contributed by atoms with Crippen LogP contribution in [-0.4, -0.2) is 69.9 Å². The van der Waals surface area contributed by atoms with Gasteiger partial charge in [0.15, 0.2) is 0 Å². The van der Waals surface area contributed by atoms with Crippen LogP contribution in [0.15, 0.2) is 46.0 Å². The fourth-order valence-corrected chi connectivity index (χ4v) is 5.74. The van der Waals surface area contributed by atoms with Gasteiger partial charge in [-0.1, -0.05) is 24.3 Å². The molecule has 1 aromatic heterocycles. The largest absolute Gasteiger partial charge is 0.496 e. The molecule has 3 rings (SSSR count). The lowest BCUT2D eigenvalue weighted by Gasteiger charge is -2.33. The molecule has 1 aliphatic heterocycles. The van der Waals surface area contributed by atoms with E-state index < -0.39 is 10.0 Å². The number of methoxy groups -OCH3 is 1. The summed E-state index contributed by atoms with van der Waals surface area (Å²) in [4.78, 5) is 14.2. The van der Waals surface area contributed by atoms with Crippen LogP contribution in [0.3, 0.4) is 0 Å². The SMILES string of the molecule is COc1ccccc1CCNC(=O)CN1CCN(S(=O)(=O)c2cccs2)CC1. The third kappa shape index (κ3) is 5.11. The van der Waals surface area contributed by atoms with Crippen molar-refractivity contribution >= 4 is 27.3 Å². The van der Waals surface area contributed by atoms with Crippen LogP contribution in [0.5, 0.6) is 5.75 Å². The van der Waals surface area contributed by atoms with Gasteiger partial charge >= 0.3 is 0 Å². The third-order valence-corrected chi connectivity index (χ3v) is 7.97. The highest BCUT2D eigenvalue weighted by Gasteiger charge is 2.29. The number of rotatable bonds is 8. The first-order chi connectivity index (χ1) is 13.5. The molecule has 0 atom stereocenters. The Labute approximate surface area is 170 Å². The highest BCUT2D eigenvalue weighted by Crippen LogP contribution is 2.22. The lowest BCUT2D eigenvalue weighted by molar-refractivity contribution is -0.122. The lowest BCUT2D eigenvalue weighted by atomic mass is 10.1. The van der Waals surface area contributed by atoms with Crippen LogP contribution in [0.2, 0.25) is 0 Å². The Morgan fingerprint density at radius 1 is 1.14 bits per heavy atom. The molecule has 1 fully saturated rings. The van der Waals surface area contributed by atoms with E-state index in [9.17, 15) is 13.2 Å². The van der Waals surface area contributed by atoms with E-state index in [1.54, 1.807) is 24.6 Å². The molecule has 1 N–H and O–H groups in total. The average Bonchev–Trinajstić information content (AvgIpc) is 3.24. The molecule has 2 aromatic rings. The quantitative estimate of drug-likeness (QED) is 0.695. The molecule has 9 heteroatoms. The summed E-state index contributed by atoms with van der Waals surface area (Å²) in [5.74, 6) is 0.768. The van der Waals surface area contributed by atoms with Gasteiger partial charge in [-0.05, 0) is 29.5 Å². The second-order valence-corrected chi connectivity index (χ2v) is 9.64. The van der Waals surface area contributed by atoms with Crippen molar-refractivity contribution in [2.75, 3.05) is 46.4 Å². The maximum atomic E-state index is 12.5. The number of carbonyl (C=O) groups is 1. The number of benzene rings is 1. The third-order valence-electron chi connectivity index (χ3n) is 4.70. The molecule has 1 saturated heterocycles. The van der Waals surface area contributed by atoms with Gasteiger partial charge in [0.1, 0.15) is 9.96 Å². The van der Waals surface area contributed by atoms with Crippen LogP contribution in [0.1, 0.15) is 5.56 Å². The first kappa shape index (κ1) is 20.8. The Morgan fingerprint density at radius 3 is 2.57 bits per heavy atom. The lowest BCUT2D eigenvalue weighted by Crippen LogP contribution is -2.51. The van der Waals surface area contributed by atoms with E-state index in [0.717, 1.165) is 11.3 Å². The van der Waals surface area contributed by atoms with E-state index in [4.69, 9.17) is 4.74 Å². The van der Waals surface area contributed by atoms with Gasteiger partial charge in [-0.3, -0.25) is 9.69 Å². The van der Waals surface area contributed by atoms with Crippen molar-refractivity contribution in [2.24, 2.45) is 0 Å². The molecule has 0 saturated carbocycles. The summed E-state index contributed by atoms with van der Waals surface area (Å²) < 4.78 is 32.2. The normalized spacial score (nSPS) is 16.0. The molecular formula is C19H25N3O4S2. The molecule has 28 heavy (non-hydrogen) atoms. The molecule has 0 aliphatic carbocycles. The van der Waals surface area contributed by atoms with Crippen molar-refractivity contribution in [3.8, 4) is 5.75 Å². The van der Waals surface area contributed by atoms with E-state index in [0.29, 0.717) is 43.4 Å². The van der Waals surface area contributed by atoms with Crippen LogP contribution in [-0.2, 0) is 21.2 Å². The molecule has 1 aliphatic rings. The van der Waals surface area contributed by atoms with Gasteiger partial charge in [-0.15, -0.1) is 11.3 Å². The zero-order chi connectivity index (χ0) is 20.0. The maximum Gasteiger partial charge on any atom is 0.252 e. The predicted molar refractivity (Wildman–Crippen MR) is 109 cm³/mol. The number of ether oxygens (including phenoxy) is 1. The number of hydrogen-bond acceptors (Lipinski definition) is 6. The number of nitrogens with zero attached hydrogens (tertiary/aromatic N) is 2. The molecule has 0 spiro atoms. The molecule has 1 aromatic carbocycles. The topological polar surface area (TPSA) is 79.0 Å². The van der Waals surface area contributed by atoms with Gasteiger partial charge in [-0.2, -0.15) is 4.31 Å². The van der Waals surface area contributed by atoms with Crippen molar-refractivity contribution < 1.29 is 17.9 Å². The zero-order valence-corrected chi connectivity index (χ0v) is 17.5. The summed E-state index contributed by atoms with van der Waals surface area (Å²) >= 11 is 1.23. The predicted octanol–water partition coefficient (Wildman–Crippen LogP) is 1.42. The highest BCUT2D eigenvalue weighted by molar-refractivity contribution is 7.91. The minimum absolute atomic E-state index is 0.0514. The Bertz CT molecular complexity index is 876. The van der Waals surface area contributed by atoms with Gasteiger partial charge in [0.05, 0.1) is 13.7 Å². The first-order valence-electron chi connectivity index (χ1n) is 9.15. The number of thiophene rings is 1. The summed E-state index contributed by atoms with van der Waals surface area (Å²) in [6.07, 6.45) is 0.697. The summed E-state index contributed by atoms with van der Waals surface area (Å²) in [7, 11) is -1.77. The van der Waals surface area contributed by atoms with Crippen LogP contribution in [0.4, 0.5) is 0 Å². The van der Waals surface area contributed by atoms with Gasteiger partial charge < -0.3 is 10.1 Å². The Morgan fingerprint density at radius 2 is 1.89 bits per heavy atom. The van der Waals surface area contributed by atoms with E-state index in [-0.39, 0.29) is 12.5 Å². The number of carbonyl (C=O) groups excluding carboxylic acids is 1. The van der Waals surface area contributed by atoms with E-state index in [2.05, 4.69) is 5.32 Å². The minimum Gasteiger partial charge on any atom is -0.496 e. The van der Waals surface area contributed by atoms with Gasteiger partial charge in [0.2, 0.25) is 5.91 Å². The molecular weight excluding hydrogens is 398 g/mol. The zero-order valence-electron chi connectivity index (χ0n) is 15.8. The Hall–Kier alpha value is -1.94. The number of piperazine rings is 1. The highest BCUT2D eigenvalue weighted by atomic mass is 32.2. The first-order valence-corrected chi connectivity index (χ1v) is 11.5. The molecule has 7 nitrogen and oxygen atoms in total. The van der Waals surface area contributed by atoms with Gasteiger partial charge in [0, 0.05) is 32.7 Å². The number of nitrogens with one attached hydrogen (secondary N) is 1. The monoisotopic (exact) mass is 423 g/mol. The van der Waals surface area contributed by atoms with Gasteiger partial charge in [0.25, 0.3) is 10.0 Å². The van der Waals surface area contributed by atoms with Crippen LogP contribution in [0.25, 0.3) is 0 Å². The smallest absolute Gasteiger partial charge is 0.252 e. The molecule has 2 heterocycles. The standard InChI is InChI=1S/C19H25N3O4S2/c1-26-17-6-3-2-5-16(17)8-9-20-18(23)15-21-10-12-22(13-11-21)28(24,25)19-7-4-14-27-19/h2-7,14H,8-13,15H2,1H3,(H,20,23). The number of para-hydroxylation sites is 1. The average molecular weight is 424 g/mol. The van der Waals surface area contributed by atoms with E-state index in [1.165, 1.54) is 15.6 Å². The molecule has 0 unspecified atom stereocenters. The second-order valence-electron chi connectivity index (χ2n) is 6.52. The minimum atomic E-state index is -3.41. The summed E-state index contributed by atoms with van der Waals surface area (Å²) in [5.41, 5.74) is 1.05. The number of sulfonamides is 1. The molecule has 0 radical (unpaired) electrons. The van der Waals surface area contributed by atoms with E-state index >= 15 is 0 Å². The van der Waals surface area contributed by atoms with Crippen molar-refractivity contribution in [1.82, 2.24) is 14.5 Å². The number of hydrogen-bond donors (Lipinski definition) is 1. The molecule has 152 valence electrons. The molecule has 0 bridgehead atoms. The van der Waals surface area contributed by atoms with Crippen LogP contribution < -0.4 is 10.1 Å². The summed E-state index contributed by atoms with van der Waals surface area (Å²) in [6.45, 7) is 2.70. The summed E-state index contributed by atoms with van der Waals surface area (Å²) in [5, 5.41) is 4.69. The molecule has 1 amide bonds. The van der Waals surface area contributed by atoms with Gasteiger partial charge in [-0.25, -0.2) is 8.42 Å². The van der Waals surface area contributed by atoms with Crippen LogP contribution in [0, 0.1) is 0 Å². The maximum absolute atomic E-state index is 12.5. The Kier molecular flexibility index (Phi) is 7.06. The number of amides is 1. The summed E-state index contributed by atoms with van der Waals surface area (Å²) in [6, 6.07) is 11.1. The Balaban J connectivity index is 1.41. The van der Waals surface area contributed by atoms with Crippen molar-refractivity contribution in [3.63, 3.8) is 0 Å².